The predicted octanol–water partition coefficient (Wildman–Crippen LogP) is 1.55. The summed E-state index contributed by atoms with van der Waals surface area (Å²) in [6.07, 6.45) is 3.85. The van der Waals surface area contributed by atoms with Gasteiger partial charge in [-0.15, -0.1) is 0 Å². The van der Waals surface area contributed by atoms with E-state index in [1.54, 1.807) is 22.9 Å². The number of piperidine rings is 1. The zero-order valence-corrected chi connectivity index (χ0v) is 11.8. The van der Waals surface area contributed by atoms with Crippen LogP contribution >= 0.6 is 0 Å². The second-order valence-electron chi connectivity index (χ2n) is 5.20. The maximum absolute atomic E-state index is 11.9. The average molecular weight is 285 g/mol. The molecule has 1 fully saturated rings. The van der Waals surface area contributed by atoms with E-state index in [-0.39, 0.29) is 11.7 Å². The largest absolute Gasteiger partial charge is 0.488 e. The number of nitrogens with two attached hydrogens (primary N) is 1. The van der Waals surface area contributed by atoms with Gasteiger partial charge in [-0.25, -0.2) is 0 Å². The van der Waals surface area contributed by atoms with Crippen molar-refractivity contribution >= 4 is 5.69 Å². The zero-order chi connectivity index (χ0) is 14.7. The van der Waals surface area contributed by atoms with Crippen molar-refractivity contribution in [2.75, 3.05) is 18.8 Å². The molecular formula is C16H19N3O2. The SMILES string of the molecule is Nc1ccc(-n2ccccc2=O)cc1OC1CCNCC1. The molecule has 2 aromatic rings. The van der Waals surface area contributed by atoms with Gasteiger partial charge in [0.15, 0.2) is 0 Å². The fourth-order valence-electron chi connectivity index (χ4n) is 2.51. The van der Waals surface area contributed by atoms with E-state index in [0.717, 1.165) is 31.6 Å². The van der Waals surface area contributed by atoms with E-state index in [1.165, 1.54) is 6.07 Å². The first-order chi connectivity index (χ1) is 10.2. The van der Waals surface area contributed by atoms with Crippen LogP contribution in [0.15, 0.2) is 47.4 Å². The summed E-state index contributed by atoms with van der Waals surface area (Å²) in [4.78, 5) is 11.9. The van der Waals surface area contributed by atoms with Gasteiger partial charge < -0.3 is 15.8 Å². The highest BCUT2D eigenvalue weighted by Crippen LogP contribution is 2.26. The number of ether oxygens (including phenoxy) is 1. The second kappa shape index (κ2) is 6.01. The first kappa shape index (κ1) is 13.7. The molecule has 0 spiro atoms. The second-order valence-corrected chi connectivity index (χ2v) is 5.20. The van der Waals surface area contributed by atoms with Crippen molar-refractivity contribution in [2.24, 2.45) is 0 Å². The topological polar surface area (TPSA) is 69.3 Å². The third-order valence-electron chi connectivity index (χ3n) is 3.68. The van der Waals surface area contributed by atoms with Crippen molar-refractivity contribution in [1.29, 1.82) is 0 Å². The molecule has 110 valence electrons. The average Bonchev–Trinajstić information content (AvgIpc) is 2.51. The van der Waals surface area contributed by atoms with Gasteiger partial charge in [-0.05, 0) is 44.1 Å². The lowest BCUT2D eigenvalue weighted by Gasteiger charge is -2.24. The lowest BCUT2D eigenvalue weighted by Crippen LogP contribution is -2.34. The van der Waals surface area contributed by atoms with Crippen LogP contribution in [0.3, 0.4) is 0 Å². The first-order valence-electron chi connectivity index (χ1n) is 7.19. The Kier molecular flexibility index (Phi) is 3.92. The van der Waals surface area contributed by atoms with Crippen molar-refractivity contribution in [3.63, 3.8) is 0 Å². The van der Waals surface area contributed by atoms with Crippen LogP contribution in [0.4, 0.5) is 5.69 Å². The minimum atomic E-state index is -0.0740. The van der Waals surface area contributed by atoms with Gasteiger partial charge in [0.2, 0.25) is 0 Å². The number of nitrogen functional groups attached to an aromatic ring is 1. The van der Waals surface area contributed by atoms with Gasteiger partial charge in [0.05, 0.1) is 11.4 Å². The van der Waals surface area contributed by atoms with Gasteiger partial charge in [0.1, 0.15) is 11.9 Å². The molecular weight excluding hydrogens is 266 g/mol. The molecule has 0 atom stereocenters. The van der Waals surface area contributed by atoms with Gasteiger partial charge in [0.25, 0.3) is 5.56 Å². The number of rotatable bonds is 3. The Labute approximate surface area is 123 Å². The molecule has 5 heteroatoms. The van der Waals surface area contributed by atoms with Crippen molar-refractivity contribution in [1.82, 2.24) is 9.88 Å². The summed E-state index contributed by atoms with van der Waals surface area (Å²) in [5.41, 5.74) is 7.28. The summed E-state index contributed by atoms with van der Waals surface area (Å²) in [6, 6.07) is 10.5. The summed E-state index contributed by atoms with van der Waals surface area (Å²) in [7, 11) is 0. The number of nitrogens with one attached hydrogen (secondary N) is 1. The Morgan fingerprint density at radius 1 is 1.19 bits per heavy atom. The summed E-state index contributed by atoms with van der Waals surface area (Å²) in [6.45, 7) is 1.92. The van der Waals surface area contributed by atoms with Gasteiger partial charge in [-0.3, -0.25) is 9.36 Å². The molecule has 0 unspecified atom stereocenters. The smallest absolute Gasteiger partial charge is 0.255 e. The normalized spacial score (nSPS) is 15.8. The van der Waals surface area contributed by atoms with Crippen molar-refractivity contribution in [2.45, 2.75) is 18.9 Å². The maximum Gasteiger partial charge on any atom is 0.255 e. The molecule has 1 aromatic carbocycles. The molecule has 3 rings (SSSR count). The fourth-order valence-corrected chi connectivity index (χ4v) is 2.51. The van der Waals surface area contributed by atoms with Crippen LogP contribution in [0.5, 0.6) is 5.75 Å². The van der Waals surface area contributed by atoms with Crippen LogP contribution in [0.2, 0.25) is 0 Å². The van der Waals surface area contributed by atoms with Crippen molar-refractivity contribution < 1.29 is 4.74 Å². The lowest BCUT2D eigenvalue weighted by molar-refractivity contribution is 0.163. The highest BCUT2D eigenvalue weighted by molar-refractivity contribution is 5.57. The van der Waals surface area contributed by atoms with Gasteiger partial charge in [0, 0.05) is 18.3 Å². The van der Waals surface area contributed by atoms with Crippen LogP contribution in [-0.4, -0.2) is 23.8 Å². The number of aromatic nitrogens is 1. The molecule has 0 bridgehead atoms. The van der Waals surface area contributed by atoms with Gasteiger partial charge in [-0.1, -0.05) is 6.07 Å². The number of pyridine rings is 1. The van der Waals surface area contributed by atoms with Crippen LogP contribution in [0.1, 0.15) is 12.8 Å². The minimum absolute atomic E-state index is 0.0740. The van der Waals surface area contributed by atoms with Gasteiger partial charge >= 0.3 is 0 Å². The number of nitrogens with zero attached hydrogens (tertiary/aromatic N) is 1. The molecule has 0 amide bonds. The summed E-state index contributed by atoms with van der Waals surface area (Å²) in [5.74, 6) is 0.648. The minimum Gasteiger partial charge on any atom is -0.488 e. The Hall–Kier alpha value is -2.27. The Balaban J connectivity index is 1.89. The highest BCUT2D eigenvalue weighted by atomic mass is 16.5. The van der Waals surface area contributed by atoms with E-state index in [9.17, 15) is 4.79 Å². The maximum atomic E-state index is 11.9. The van der Waals surface area contributed by atoms with Crippen LogP contribution in [0, 0.1) is 0 Å². The molecule has 3 N–H and O–H groups in total. The van der Waals surface area contributed by atoms with E-state index in [2.05, 4.69) is 5.32 Å². The third kappa shape index (κ3) is 3.08. The third-order valence-corrected chi connectivity index (χ3v) is 3.68. The Morgan fingerprint density at radius 3 is 2.76 bits per heavy atom. The highest BCUT2D eigenvalue weighted by Gasteiger charge is 2.16. The quantitative estimate of drug-likeness (QED) is 0.840. The molecule has 0 saturated carbocycles. The van der Waals surface area contributed by atoms with Crippen LogP contribution in [0.25, 0.3) is 5.69 Å². The number of hydrogen-bond donors (Lipinski definition) is 2. The van der Waals surface area contributed by atoms with E-state index in [0.29, 0.717) is 11.4 Å². The molecule has 0 radical (unpaired) electrons. The molecule has 2 heterocycles. The molecule has 5 nitrogen and oxygen atoms in total. The summed E-state index contributed by atoms with van der Waals surface area (Å²) < 4.78 is 7.59. The standard InChI is InChI=1S/C16H19N3O2/c17-14-5-4-12(19-10-2-1-3-16(19)20)11-15(14)21-13-6-8-18-9-7-13/h1-5,10-11,13,18H,6-9,17H2. The van der Waals surface area contributed by atoms with Crippen molar-refractivity contribution in [3.8, 4) is 11.4 Å². The Bertz CT molecular complexity index is 675. The lowest BCUT2D eigenvalue weighted by atomic mass is 10.1. The fraction of sp³-hybridized carbons (Fsp3) is 0.312. The summed E-state index contributed by atoms with van der Waals surface area (Å²) in [5, 5.41) is 3.30. The molecule has 1 saturated heterocycles. The number of benzene rings is 1. The molecule has 1 aromatic heterocycles. The molecule has 1 aliphatic heterocycles. The molecule has 1 aliphatic rings. The molecule has 21 heavy (non-hydrogen) atoms. The number of anilines is 1. The number of hydrogen-bond acceptors (Lipinski definition) is 4. The van der Waals surface area contributed by atoms with E-state index in [1.807, 2.05) is 18.2 Å². The summed E-state index contributed by atoms with van der Waals surface area (Å²) >= 11 is 0. The monoisotopic (exact) mass is 285 g/mol. The van der Waals surface area contributed by atoms with Crippen LogP contribution < -0.4 is 21.3 Å². The predicted molar refractivity (Wildman–Crippen MR) is 83.0 cm³/mol. The first-order valence-corrected chi connectivity index (χ1v) is 7.19. The van der Waals surface area contributed by atoms with Crippen LogP contribution in [-0.2, 0) is 0 Å². The van der Waals surface area contributed by atoms with Crippen molar-refractivity contribution in [3.05, 3.63) is 52.9 Å². The Morgan fingerprint density at radius 2 is 2.00 bits per heavy atom. The van der Waals surface area contributed by atoms with E-state index in [4.69, 9.17) is 10.5 Å². The van der Waals surface area contributed by atoms with Gasteiger partial charge in [-0.2, -0.15) is 0 Å². The zero-order valence-electron chi connectivity index (χ0n) is 11.8. The van der Waals surface area contributed by atoms with E-state index >= 15 is 0 Å². The molecule has 0 aliphatic carbocycles. The van der Waals surface area contributed by atoms with E-state index < -0.39 is 0 Å².